The molecule has 0 unspecified atom stereocenters. The van der Waals surface area contributed by atoms with Gasteiger partial charge in [-0.1, -0.05) is 23.2 Å². The van der Waals surface area contributed by atoms with Gasteiger partial charge in [-0.3, -0.25) is 4.79 Å². The maximum Gasteiger partial charge on any atom is 0.272 e. The maximum atomic E-state index is 13.2. The molecule has 4 nitrogen and oxygen atoms in total. The predicted octanol–water partition coefficient (Wildman–Crippen LogP) is 3.99. The summed E-state index contributed by atoms with van der Waals surface area (Å²) in [7, 11) is 0. The molecule has 0 aromatic heterocycles. The number of nitrogens with zero attached hydrogens (tertiary/aromatic N) is 1. The van der Waals surface area contributed by atoms with Crippen LogP contribution in [-0.2, 0) is 0 Å². The van der Waals surface area contributed by atoms with Crippen molar-refractivity contribution >= 4 is 34.8 Å². The number of carbonyl (C=O) groups excluding carboxylic acids is 1. The highest BCUT2D eigenvalue weighted by Gasteiger charge is 2.11. The summed E-state index contributed by atoms with van der Waals surface area (Å²) in [6.07, 6.45) is 0. The average molecular weight is 341 g/mol. The summed E-state index contributed by atoms with van der Waals surface area (Å²) in [5, 5.41) is 14.1. The van der Waals surface area contributed by atoms with E-state index in [1.165, 1.54) is 25.1 Å². The third-order valence-electron chi connectivity index (χ3n) is 2.85. The molecule has 0 aliphatic rings. The van der Waals surface area contributed by atoms with Gasteiger partial charge in [0.1, 0.15) is 11.6 Å². The molecule has 2 aromatic carbocycles. The van der Waals surface area contributed by atoms with E-state index in [0.717, 1.165) is 12.1 Å². The van der Waals surface area contributed by atoms with Crippen molar-refractivity contribution in [2.45, 2.75) is 6.92 Å². The molecule has 1 amide bonds. The number of nitrogens with one attached hydrogen (secondary N) is 1. The second-order valence-corrected chi connectivity index (χ2v) is 5.27. The number of amides is 1. The van der Waals surface area contributed by atoms with Crippen molar-refractivity contribution < 1.29 is 14.3 Å². The third kappa shape index (κ3) is 3.75. The van der Waals surface area contributed by atoms with Crippen LogP contribution in [0.2, 0.25) is 10.0 Å². The molecule has 0 saturated carbocycles. The van der Waals surface area contributed by atoms with Crippen LogP contribution in [0.3, 0.4) is 0 Å². The molecule has 2 rings (SSSR count). The Morgan fingerprint density at radius 3 is 2.64 bits per heavy atom. The SMILES string of the molecule is C/C(=N\NC(=O)c1cc(Cl)ccc1Cl)c1cc(F)ccc1O. The summed E-state index contributed by atoms with van der Waals surface area (Å²) in [6.45, 7) is 1.52. The second kappa shape index (κ2) is 6.77. The standard InChI is InChI=1S/C15H11Cl2FN2O2/c1-8(11-7-10(18)3-5-14(11)21)19-20-15(22)12-6-9(16)2-4-13(12)17/h2-7,21H,1H3,(H,20,22)/b19-8+. The molecule has 7 heteroatoms. The first-order valence-corrected chi connectivity index (χ1v) is 6.92. The zero-order valence-corrected chi connectivity index (χ0v) is 12.9. The summed E-state index contributed by atoms with van der Waals surface area (Å²) in [4.78, 5) is 12.0. The Balaban J connectivity index is 2.22. The first kappa shape index (κ1) is 16.3. The van der Waals surface area contributed by atoms with E-state index < -0.39 is 11.7 Å². The second-order valence-electron chi connectivity index (χ2n) is 4.42. The van der Waals surface area contributed by atoms with Crippen molar-refractivity contribution in [3.8, 4) is 5.75 Å². The van der Waals surface area contributed by atoms with Crippen LogP contribution >= 0.6 is 23.2 Å². The van der Waals surface area contributed by atoms with Crippen molar-refractivity contribution in [2.75, 3.05) is 0 Å². The lowest BCUT2D eigenvalue weighted by molar-refractivity contribution is 0.0955. The number of carbonyl (C=O) groups is 1. The smallest absolute Gasteiger partial charge is 0.272 e. The van der Waals surface area contributed by atoms with E-state index in [4.69, 9.17) is 23.2 Å². The van der Waals surface area contributed by atoms with Gasteiger partial charge >= 0.3 is 0 Å². The molecule has 0 radical (unpaired) electrons. The van der Waals surface area contributed by atoms with Gasteiger partial charge in [-0.05, 0) is 43.3 Å². The summed E-state index contributed by atoms with van der Waals surface area (Å²) >= 11 is 11.7. The van der Waals surface area contributed by atoms with Crippen molar-refractivity contribution in [1.29, 1.82) is 0 Å². The van der Waals surface area contributed by atoms with Crippen molar-refractivity contribution in [3.05, 3.63) is 63.4 Å². The Morgan fingerprint density at radius 2 is 1.91 bits per heavy atom. The van der Waals surface area contributed by atoms with Crippen LogP contribution in [0.25, 0.3) is 0 Å². The molecule has 2 N–H and O–H groups in total. The molecular weight excluding hydrogens is 330 g/mol. The molecule has 0 spiro atoms. The lowest BCUT2D eigenvalue weighted by atomic mass is 10.1. The van der Waals surface area contributed by atoms with Gasteiger partial charge in [0, 0.05) is 10.6 Å². The third-order valence-corrected chi connectivity index (χ3v) is 3.41. The molecule has 0 atom stereocenters. The Morgan fingerprint density at radius 1 is 1.18 bits per heavy atom. The van der Waals surface area contributed by atoms with Crippen LogP contribution in [0.5, 0.6) is 5.75 Å². The number of phenolic OH excluding ortho intramolecular Hbond substituents is 1. The molecular formula is C15H11Cl2FN2O2. The van der Waals surface area contributed by atoms with Gasteiger partial charge < -0.3 is 5.11 Å². The average Bonchev–Trinajstić information content (AvgIpc) is 2.49. The number of benzene rings is 2. The van der Waals surface area contributed by atoms with Crippen LogP contribution in [-0.4, -0.2) is 16.7 Å². The van der Waals surface area contributed by atoms with Gasteiger partial charge in [-0.2, -0.15) is 5.10 Å². The molecule has 0 saturated heterocycles. The van der Waals surface area contributed by atoms with E-state index in [1.807, 2.05) is 0 Å². The van der Waals surface area contributed by atoms with Gasteiger partial charge in [-0.25, -0.2) is 9.82 Å². The molecule has 0 bridgehead atoms. The number of rotatable bonds is 3. The van der Waals surface area contributed by atoms with Gasteiger partial charge in [0.05, 0.1) is 16.3 Å². The first-order chi connectivity index (χ1) is 10.4. The van der Waals surface area contributed by atoms with Crippen molar-refractivity contribution in [1.82, 2.24) is 5.43 Å². The Kier molecular flexibility index (Phi) is 5.00. The Labute approximate surface area is 136 Å². The van der Waals surface area contributed by atoms with Gasteiger partial charge in [0.15, 0.2) is 0 Å². The van der Waals surface area contributed by atoms with Gasteiger partial charge in [0.2, 0.25) is 0 Å². The number of aromatic hydroxyl groups is 1. The number of hydrazone groups is 1. The largest absolute Gasteiger partial charge is 0.507 e. The quantitative estimate of drug-likeness (QED) is 0.655. The lowest BCUT2D eigenvalue weighted by Crippen LogP contribution is -2.19. The molecule has 0 aliphatic heterocycles. The Bertz CT molecular complexity index is 763. The maximum absolute atomic E-state index is 13.2. The summed E-state index contributed by atoms with van der Waals surface area (Å²) in [5.41, 5.74) is 2.86. The van der Waals surface area contributed by atoms with Gasteiger partial charge in [0.25, 0.3) is 5.91 Å². The zero-order chi connectivity index (χ0) is 16.3. The number of hydrogen-bond donors (Lipinski definition) is 2. The normalized spacial score (nSPS) is 11.4. The van der Waals surface area contributed by atoms with Crippen LogP contribution < -0.4 is 5.43 Å². The topological polar surface area (TPSA) is 61.7 Å². The van der Waals surface area contributed by atoms with Crippen LogP contribution in [0.1, 0.15) is 22.8 Å². The molecule has 2 aromatic rings. The van der Waals surface area contributed by atoms with Crippen LogP contribution in [0.4, 0.5) is 4.39 Å². The van der Waals surface area contributed by atoms with Gasteiger partial charge in [-0.15, -0.1) is 0 Å². The lowest BCUT2D eigenvalue weighted by Gasteiger charge is -2.06. The molecule has 114 valence electrons. The van der Waals surface area contributed by atoms with E-state index in [2.05, 4.69) is 10.5 Å². The van der Waals surface area contributed by atoms with E-state index in [9.17, 15) is 14.3 Å². The highest BCUT2D eigenvalue weighted by atomic mass is 35.5. The molecule has 0 fully saturated rings. The summed E-state index contributed by atoms with van der Waals surface area (Å²) in [6, 6.07) is 7.90. The zero-order valence-electron chi connectivity index (χ0n) is 11.4. The minimum Gasteiger partial charge on any atom is -0.507 e. The molecule has 22 heavy (non-hydrogen) atoms. The summed E-state index contributed by atoms with van der Waals surface area (Å²) < 4.78 is 13.2. The highest BCUT2D eigenvalue weighted by molar-refractivity contribution is 6.35. The van der Waals surface area contributed by atoms with E-state index in [0.29, 0.717) is 5.02 Å². The number of hydrogen-bond acceptors (Lipinski definition) is 3. The predicted molar refractivity (Wildman–Crippen MR) is 84.2 cm³/mol. The highest BCUT2D eigenvalue weighted by Crippen LogP contribution is 2.21. The fourth-order valence-corrected chi connectivity index (χ4v) is 2.10. The number of phenols is 1. The number of halogens is 3. The summed E-state index contributed by atoms with van der Waals surface area (Å²) in [5.74, 6) is -1.23. The monoisotopic (exact) mass is 340 g/mol. The van der Waals surface area contributed by atoms with Crippen molar-refractivity contribution in [2.24, 2.45) is 5.10 Å². The van der Waals surface area contributed by atoms with Crippen LogP contribution in [0, 0.1) is 5.82 Å². The molecule has 0 aliphatic carbocycles. The minimum absolute atomic E-state index is 0.141. The minimum atomic E-state index is -0.567. The first-order valence-electron chi connectivity index (χ1n) is 6.17. The Hall–Kier alpha value is -2.11. The van der Waals surface area contributed by atoms with E-state index >= 15 is 0 Å². The van der Waals surface area contributed by atoms with Crippen LogP contribution in [0.15, 0.2) is 41.5 Å². The van der Waals surface area contributed by atoms with E-state index in [-0.39, 0.29) is 27.6 Å². The van der Waals surface area contributed by atoms with Crippen molar-refractivity contribution in [3.63, 3.8) is 0 Å². The fraction of sp³-hybridized carbons (Fsp3) is 0.0667. The fourth-order valence-electron chi connectivity index (χ4n) is 1.72. The molecule has 0 heterocycles. The van der Waals surface area contributed by atoms with E-state index in [1.54, 1.807) is 6.07 Å².